The van der Waals surface area contributed by atoms with Crippen molar-refractivity contribution in [3.8, 4) is 0 Å². The van der Waals surface area contributed by atoms with Crippen LogP contribution in [0.3, 0.4) is 0 Å². The third kappa shape index (κ3) is 3.27. The number of carbonyl (C=O) groups is 2. The molecule has 2 aromatic rings. The van der Waals surface area contributed by atoms with Crippen LogP contribution in [0.1, 0.15) is 30.4 Å². The molecule has 0 spiro atoms. The summed E-state index contributed by atoms with van der Waals surface area (Å²) in [5, 5.41) is 4.03. The molecule has 1 aliphatic carbocycles. The normalized spacial score (nSPS) is 20.9. The van der Waals surface area contributed by atoms with Gasteiger partial charge < -0.3 is 4.74 Å². The van der Waals surface area contributed by atoms with Crippen molar-refractivity contribution in [1.29, 1.82) is 0 Å². The second kappa shape index (κ2) is 6.92. The van der Waals surface area contributed by atoms with Gasteiger partial charge in [-0.1, -0.05) is 30.3 Å². The Morgan fingerprint density at radius 1 is 1.26 bits per heavy atom. The standard InChI is InChI=1S/C19H18O3S/c1-2-22-19(21)18-16(13-6-4-3-5-7-13)10-15(11-17(18)20)14-8-9-23-12-14/h3-9,11-12,16,18H,2,10H2,1H3/t16-,18-/m1/s1. The fourth-order valence-electron chi connectivity index (χ4n) is 3.04. The molecule has 0 aliphatic heterocycles. The van der Waals surface area contributed by atoms with E-state index in [9.17, 15) is 9.59 Å². The van der Waals surface area contributed by atoms with E-state index >= 15 is 0 Å². The van der Waals surface area contributed by atoms with Crippen molar-refractivity contribution in [3.63, 3.8) is 0 Å². The zero-order valence-electron chi connectivity index (χ0n) is 12.9. The van der Waals surface area contributed by atoms with Crippen LogP contribution in [0.2, 0.25) is 0 Å². The number of ether oxygens (including phenoxy) is 1. The van der Waals surface area contributed by atoms with Crippen LogP contribution in [0.25, 0.3) is 5.57 Å². The lowest BCUT2D eigenvalue weighted by molar-refractivity contribution is -0.151. The van der Waals surface area contributed by atoms with Crippen LogP contribution < -0.4 is 0 Å². The summed E-state index contributed by atoms with van der Waals surface area (Å²) < 4.78 is 5.14. The number of allylic oxidation sites excluding steroid dienone is 2. The number of ketones is 1. The maximum Gasteiger partial charge on any atom is 0.317 e. The van der Waals surface area contributed by atoms with Gasteiger partial charge in [0.15, 0.2) is 5.78 Å². The van der Waals surface area contributed by atoms with Crippen LogP contribution in [0.4, 0.5) is 0 Å². The van der Waals surface area contributed by atoms with Crippen molar-refractivity contribution in [3.05, 3.63) is 64.4 Å². The Hall–Kier alpha value is -2.20. The average molecular weight is 326 g/mol. The van der Waals surface area contributed by atoms with E-state index in [2.05, 4.69) is 0 Å². The second-order valence-corrected chi connectivity index (χ2v) is 6.32. The second-order valence-electron chi connectivity index (χ2n) is 5.53. The van der Waals surface area contributed by atoms with E-state index < -0.39 is 11.9 Å². The molecule has 3 rings (SSSR count). The Balaban J connectivity index is 2.00. The topological polar surface area (TPSA) is 43.4 Å². The van der Waals surface area contributed by atoms with E-state index in [1.54, 1.807) is 24.3 Å². The molecule has 0 unspecified atom stereocenters. The molecule has 0 fully saturated rings. The molecule has 0 radical (unpaired) electrons. The van der Waals surface area contributed by atoms with Crippen molar-refractivity contribution < 1.29 is 14.3 Å². The van der Waals surface area contributed by atoms with Crippen LogP contribution >= 0.6 is 11.3 Å². The predicted molar refractivity (Wildman–Crippen MR) is 91.2 cm³/mol. The van der Waals surface area contributed by atoms with Gasteiger partial charge in [0, 0.05) is 5.92 Å². The van der Waals surface area contributed by atoms with Gasteiger partial charge in [-0.2, -0.15) is 11.3 Å². The summed E-state index contributed by atoms with van der Waals surface area (Å²) in [7, 11) is 0. The molecule has 0 bridgehead atoms. The quantitative estimate of drug-likeness (QED) is 0.628. The Morgan fingerprint density at radius 2 is 2.04 bits per heavy atom. The minimum Gasteiger partial charge on any atom is -0.465 e. The molecule has 1 aromatic carbocycles. The molecule has 23 heavy (non-hydrogen) atoms. The van der Waals surface area contributed by atoms with Gasteiger partial charge in [0.05, 0.1) is 6.61 Å². The summed E-state index contributed by atoms with van der Waals surface area (Å²) in [6.45, 7) is 2.04. The maximum atomic E-state index is 12.6. The molecular weight excluding hydrogens is 308 g/mol. The van der Waals surface area contributed by atoms with E-state index in [-0.39, 0.29) is 18.3 Å². The van der Waals surface area contributed by atoms with Crippen molar-refractivity contribution >= 4 is 28.7 Å². The minimum atomic E-state index is -0.750. The first-order valence-electron chi connectivity index (χ1n) is 7.69. The fourth-order valence-corrected chi connectivity index (χ4v) is 3.73. The third-order valence-electron chi connectivity index (χ3n) is 4.13. The van der Waals surface area contributed by atoms with E-state index in [1.807, 2.05) is 47.2 Å². The zero-order valence-corrected chi connectivity index (χ0v) is 13.7. The van der Waals surface area contributed by atoms with Gasteiger partial charge in [0.1, 0.15) is 5.92 Å². The number of benzene rings is 1. The highest BCUT2D eigenvalue weighted by molar-refractivity contribution is 7.08. The summed E-state index contributed by atoms with van der Waals surface area (Å²) in [6.07, 6.45) is 2.28. The zero-order chi connectivity index (χ0) is 16.2. The SMILES string of the molecule is CCOC(=O)[C@H]1C(=O)C=C(c2ccsc2)C[C@@H]1c1ccccc1. The number of hydrogen-bond donors (Lipinski definition) is 0. The highest BCUT2D eigenvalue weighted by atomic mass is 32.1. The molecule has 1 heterocycles. The lowest BCUT2D eigenvalue weighted by atomic mass is 9.74. The summed E-state index contributed by atoms with van der Waals surface area (Å²) >= 11 is 1.60. The van der Waals surface area contributed by atoms with Crippen LogP contribution in [0.5, 0.6) is 0 Å². The highest BCUT2D eigenvalue weighted by Crippen LogP contribution is 2.40. The predicted octanol–water partition coefficient (Wildman–Crippen LogP) is 4.07. The van der Waals surface area contributed by atoms with Crippen LogP contribution in [-0.2, 0) is 14.3 Å². The van der Waals surface area contributed by atoms with Gasteiger partial charge >= 0.3 is 5.97 Å². The maximum absolute atomic E-state index is 12.6. The molecule has 2 atom stereocenters. The van der Waals surface area contributed by atoms with E-state index in [1.165, 1.54) is 0 Å². The summed E-state index contributed by atoms with van der Waals surface area (Å²) in [4.78, 5) is 24.9. The first-order chi connectivity index (χ1) is 11.2. The first kappa shape index (κ1) is 15.7. The molecule has 1 aromatic heterocycles. The van der Waals surface area contributed by atoms with Gasteiger partial charge in [0.2, 0.25) is 0 Å². The van der Waals surface area contributed by atoms with Crippen LogP contribution in [0, 0.1) is 5.92 Å². The van der Waals surface area contributed by atoms with Gasteiger partial charge in [-0.25, -0.2) is 0 Å². The Morgan fingerprint density at radius 3 is 2.70 bits per heavy atom. The van der Waals surface area contributed by atoms with E-state index in [0.29, 0.717) is 6.42 Å². The molecule has 0 N–H and O–H groups in total. The van der Waals surface area contributed by atoms with Gasteiger partial charge in [-0.05, 0) is 52.9 Å². The van der Waals surface area contributed by atoms with Crippen molar-refractivity contribution in [2.75, 3.05) is 6.61 Å². The van der Waals surface area contributed by atoms with Gasteiger partial charge in [-0.15, -0.1) is 0 Å². The molecular formula is C19H18O3S. The van der Waals surface area contributed by atoms with Crippen molar-refractivity contribution in [1.82, 2.24) is 0 Å². The number of esters is 1. The monoisotopic (exact) mass is 326 g/mol. The number of hydrogen-bond acceptors (Lipinski definition) is 4. The number of thiophene rings is 1. The molecule has 0 saturated heterocycles. The van der Waals surface area contributed by atoms with E-state index in [4.69, 9.17) is 4.74 Å². The van der Waals surface area contributed by atoms with Crippen molar-refractivity contribution in [2.24, 2.45) is 5.92 Å². The molecule has 0 saturated carbocycles. The average Bonchev–Trinajstić information content (AvgIpc) is 3.09. The van der Waals surface area contributed by atoms with Crippen LogP contribution in [-0.4, -0.2) is 18.4 Å². The van der Waals surface area contributed by atoms with Crippen LogP contribution in [0.15, 0.2) is 53.2 Å². The number of carbonyl (C=O) groups excluding carboxylic acids is 2. The lowest BCUT2D eigenvalue weighted by Gasteiger charge is -2.29. The van der Waals surface area contributed by atoms with E-state index in [0.717, 1.165) is 16.7 Å². The molecule has 0 amide bonds. The summed E-state index contributed by atoms with van der Waals surface area (Å²) in [6, 6.07) is 11.8. The Kier molecular flexibility index (Phi) is 4.72. The molecule has 1 aliphatic rings. The van der Waals surface area contributed by atoms with Gasteiger partial charge in [-0.3, -0.25) is 9.59 Å². The molecule has 3 nitrogen and oxygen atoms in total. The number of rotatable bonds is 4. The summed E-state index contributed by atoms with van der Waals surface area (Å²) in [5.41, 5.74) is 3.05. The molecule has 118 valence electrons. The van der Waals surface area contributed by atoms with Gasteiger partial charge in [0.25, 0.3) is 0 Å². The highest BCUT2D eigenvalue weighted by Gasteiger charge is 2.39. The summed E-state index contributed by atoms with van der Waals surface area (Å²) in [5.74, 6) is -1.51. The lowest BCUT2D eigenvalue weighted by Crippen LogP contribution is -2.33. The smallest absolute Gasteiger partial charge is 0.317 e. The largest absolute Gasteiger partial charge is 0.465 e. The van der Waals surface area contributed by atoms with Crippen molar-refractivity contribution in [2.45, 2.75) is 19.3 Å². The first-order valence-corrected chi connectivity index (χ1v) is 8.63. The fraction of sp³-hybridized carbons (Fsp3) is 0.263. The minimum absolute atomic E-state index is 0.162. The third-order valence-corrected chi connectivity index (χ3v) is 4.81. The Bertz CT molecular complexity index is 716. The molecule has 4 heteroatoms. The Labute approximate surface area is 139 Å².